The highest BCUT2D eigenvalue weighted by Crippen LogP contribution is 2.33. The Bertz CT molecular complexity index is 1090. The molecule has 4 nitrogen and oxygen atoms in total. The molecule has 0 fully saturated rings. The highest BCUT2D eigenvalue weighted by Gasteiger charge is 2.15. The van der Waals surface area contributed by atoms with Crippen LogP contribution >= 0.6 is 0 Å². The van der Waals surface area contributed by atoms with Crippen LogP contribution < -0.4 is 0 Å². The Hall–Kier alpha value is -3.19. The average Bonchev–Trinajstić information content (AvgIpc) is 2.88. The molecule has 2 heterocycles. The summed E-state index contributed by atoms with van der Waals surface area (Å²) in [6, 6.07) is 14.1. The van der Waals surface area contributed by atoms with Crippen molar-refractivity contribution in [1.29, 1.82) is 5.26 Å². The summed E-state index contributed by atoms with van der Waals surface area (Å²) in [4.78, 5) is 8.81. The van der Waals surface area contributed by atoms with Crippen molar-refractivity contribution >= 4 is 21.8 Å². The fourth-order valence-corrected chi connectivity index (χ4v) is 2.97. The van der Waals surface area contributed by atoms with Crippen LogP contribution in [-0.4, -0.2) is 14.5 Å². The van der Waals surface area contributed by atoms with Crippen LogP contribution in [0.4, 0.5) is 0 Å². The maximum atomic E-state index is 9.21. The van der Waals surface area contributed by atoms with E-state index in [0.717, 1.165) is 21.8 Å². The Morgan fingerprint density at radius 2 is 1.61 bits per heavy atom. The molecule has 110 valence electrons. The van der Waals surface area contributed by atoms with Gasteiger partial charge in [-0.25, -0.2) is 9.97 Å². The summed E-state index contributed by atoms with van der Waals surface area (Å²) in [5.74, 6) is 0.639. The third-order valence-corrected chi connectivity index (χ3v) is 4.26. The zero-order valence-electron chi connectivity index (χ0n) is 12.9. The Morgan fingerprint density at radius 1 is 0.913 bits per heavy atom. The maximum absolute atomic E-state index is 9.21. The van der Waals surface area contributed by atoms with Crippen molar-refractivity contribution in [2.24, 2.45) is 0 Å². The molecule has 4 heteroatoms. The van der Waals surface area contributed by atoms with Crippen LogP contribution in [0.1, 0.15) is 16.7 Å². The molecule has 23 heavy (non-hydrogen) atoms. The van der Waals surface area contributed by atoms with Crippen molar-refractivity contribution < 1.29 is 0 Å². The van der Waals surface area contributed by atoms with Gasteiger partial charge in [0.2, 0.25) is 5.95 Å². The van der Waals surface area contributed by atoms with E-state index in [1.54, 1.807) is 18.5 Å². The van der Waals surface area contributed by atoms with Gasteiger partial charge in [-0.2, -0.15) is 5.26 Å². The molecule has 0 amide bonds. The van der Waals surface area contributed by atoms with E-state index in [2.05, 4.69) is 46.6 Å². The van der Waals surface area contributed by atoms with Gasteiger partial charge in [0.15, 0.2) is 0 Å². The molecule has 0 aliphatic heterocycles. The van der Waals surface area contributed by atoms with E-state index in [4.69, 9.17) is 0 Å². The summed E-state index contributed by atoms with van der Waals surface area (Å²) in [6.07, 6.45) is 3.48. The van der Waals surface area contributed by atoms with Crippen LogP contribution in [0.15, 0.2) is 48.8 Å². The normalized spacial score (nSPS) is 11.0. The van der Waals surface area contributed by atoms with Gasteiger partial charge in [-0.1, -0.05) is 0 Å². The first-order valence-electron chi connectivity index (χ1n) is 7.42. The van der Waals surface area contributed by atoms with E-state index >= 15 is 0 Å². The van der Waals surface area contributed by atoms with Crippen LogP contribution in [0.3, 0.4) is 0 Å². The molecule has 0 aliphatic carbocycles. The minimum Gasteiger partial charge on any atom is -0.278 e. The van der Waals surface area contributed by atoms with Crippen LogP contribution in [0.2, 0.25) is 0 Å². The van der Waals surface area contributed by atoms with E-state index in [0.29, 0.717) is 11.5 Å². The fourth-order valence-electron chi connectivity index (χ4n) is 2.97. The molecule has 0 spiro atoms. The molecule has 0 N–H and O–H groups in total. The molecule has 0 unspecified atom stereocenters. The number of benzene rings is 2. The smallest absolute Gasteiger partial charge is 0.234 e. The average molecular weight is 298 g/mol. The Morgan fingerprint density at radius 3 is 2.35 bits per heavy atom. The van der Waals surface area contributed by atoms with Gasteiger partial charge in [-0.15, -0.1) is 0 Å². The molecule has 0 radical (unpaired) electrons. The zero-order valence-corrected chi connectivity index (χ0v) is 12.9. The van der Waals surface area contributed by atoms with E-state index in [1.165, 1.54) is 11.1 Å². The molecule has 4 rings (SSSR count). The lowest BCUT2D eigenvalue weighted by atomic mass is 10.0. The second-order valence-electron chi connectivity index (χ2n) is 5.68. The standard InChI is InChI=1S/C19H14N4/c1-12-8-15-16-10-14(11-20)4-5-17(16)23(18(15)9-13(12)2)19-21-6-3-7-22-19/h3-10H,1-2H3. The summed E-state index contributed by atoms with van der Waals surface area (Å²) >= 11 is 0. The third-order valence-electron chi connectivity index (χ3n) is 4.26. The Labute approximate surface area is 133 Å². The number of aryl methyl sites for hydroxylation is 2. The van der Waals surface area contributed by atoms with Gasteiger partial charge in [0.05, 0.1) is 22.7 Å². The number of hydrogen-bond donors (Lipinski definition) is 0. The van der Waals surface area contributed by atoms with Gasteiger partial charge >= 0.3 is 0 Å². The lowest BCUT2D eigenvalue weighted by Crippen LogP contribution is -1.99. The molecule has 0 saturated carbocycles. The third kappa shape index (κ3) is 1.98. The Kier molecular flexibility index (Phi) is 2.88. The van der Waals surface area contributed by atoms with Crippen molar-refractivity contribution in [2.75, 3.05) is 0 Å². The first kappa shape index (κ1) is 13.5. The number of hydrogen-bond acceptors (Lipinski definition) is 3. The predicted molar refractivity (Wildman–Crippen MR) is 90.6 cm³/mol. The van der Waals surface area contributed by atoms with Crippen molar-refractivity contribution in [3.05, 3.63) is 65.5 Å². The lowest BCUT2D eigenvalue weighted by Gasteiger charge is -2.06. The SMILES string of the molecule is Cc1cc2c3cc(C#N)ccc3n(-c3ncccn3)c2cc1C. The summed E-state index contributed by atoms with van der Waals surface area (Å²) in [5.41, 5.74) is 5.18. The first-order valence-corrected chi connectivity index (χ1v) is 7.42. The highest BCUT2D eigenvalue weighted by atomic mass is 15.1. The summed E-state index contributed by atoms with van der Waals surface area (Å²) in [7, 11) is 0. The van der Waals surface area contributed by atoms with Crippen molar-refractivity contribution in [1.82, 2.24) is 14.5 Å². The van der Waals surface area contributed by atoms with E-state index < -0.39 is 0 Å². The number of rotatable bonds is 1. The number of fused-ring (bicyclic) bond motifs is 3. The van der Waals surface area contributed by atoms with E-state index in [1.807, 2.05) is 18.2 Å². The van der Waals surface area contributed by atoms with Crippen molar-refractivity contribution in [2.45, 2.75) is 13.8 Å². The van der Waals surface area contributed by atoms with Crippen LogP contribution in [-0.2, 0) is 0 Å². The monoisotopic (exact) mass is 298 g/mol. The Balaban J connectivity index is 2.23. The van der Waals surface area contributed by atoms with Gasteiger partial charge in [-0.3, -0.25) is 4.57 Å². The molecular formula is C19H14N4. The molecule has 0 bridgehead atoms. The quantitative estimate of drug-likeness (QED) is 0.532. The highest BCUT2D eigenvalue weighted by molar-refractivity contribution is 6.09. The molecule has 0 saturated heterocycles. The molecule has 0 aliphatic rings. The number of nitriles is 1. The van der Waals surface area contributed by atoms with Gasteiger partial charge in [0.1, 0.15) is 0 Å². The second kappa shape index (κ2) is 4.92. The molecule has 0 atom stereocenters. The predicted octanol–water partition coefficient (Wildman–Crippen LogP) is 4.06. The van der Waals surface area contributed by atoms with Crippen molar-refractivity contribution in [3.8, 4) is 12.0 Å². The van der Waals surface area contributed by atoms with Crippen LogP contribution in [0.25, 0.3) is 27.8 Å². The minimum atomic E-state index is 0.639. The topological polar surface area (TPSA) is 54.5 Å². The summed E-state index contributed by atoms with van der Waals surface area (Å²) in [6.45, 7) is 4.20. The van der Waals surface area contributed by atoms with Crippen LogP contribution in [0.5, 0.6) is 0 Å². The fraction of sp³-hybridized carbons (Fsp3) is 0.105. The van der Waals surface area contributed by atoms with E-state index in [-0.39, 0.29) is 0 Å². The summed E-state index contributed by atoms with van der Waals surface area (Å²) < 4.78 is 2.05. The number of nitrogens with zero attached hydrogens (tertiary/aromatic N) is 4. The molecule has 2 aromatic carbocycles. The minimum absolute atomic E-state index is 0.639. The van der Waals surface area contributed by atoms with Gasteiger partial charge in [0.25, 0.3) is 0 Å². The zero-order chi connectivity index (χ0) is 16.0. The van der Waals surface area contributed by atoms with Gasteiger partial charge < -0.3 is 0 Å². The van der Waals surface area contributed by atoms with Crippen LogP contribution in [0, 0.1) is 25.2 Å². The number of aromatic nitrogens is 3. The van der Waals surface area contributed by atoms with E-state index in [9.17, 15) is 5.26 Å². The summed E-state index contributed by atoms with van der Waals surface area (Å²) in [5, 5.41) is 11.4. The van der Waals surface area contributed by atoms with Crippen molar-refractivity contribution in [3.63, 3.8) is 0 Å². The van der Waals surface area contributed by atoms with Gasteiger partial charge in [-0.05, 0) is 61.4 Å². The second-order valence-corrected chi connectivity index (χ2v) is 5.68. The van der Waals surface area contributed by atoms with Gasteiger partial charge in [0, 0.05) is 23.2 Å². The molecule has 4 aromatic rings. The first-order chi connectivity index (χ1) is 11.2. The molecule has 2 aromatic heterocycles. The largest absolute Gasteiger partial charge is 0.278 e. The lowest BCUT2D eigenvalue weighted by molar-refractivity contribution is 0.987. The maximum Gasteiger partial charge on any atom is 0.234 e. The molecular weight excluding hydrogens is 284 g/mol.